The normalized spacial score (nSPS) is 14.7. The van der Waals surface area contributed by atoms with Crippen molar-refractivity contribution in [3.8, 4) is 11.5 Å². The average Bonchev–Trinajstić information content (AvgIpc) is 3.16. The van der Waals surface area contributed by atoms with E-state index >= 15 is 0 Å². The summed E-state index contributed by atoms with van der Waals surface area (Å²) < 4.78 is 15.4. The van der Waals surface area contributed by atoms with Gasteiger partial charge in [-0.1, -0.05) is 12.1 Å². The first-order valence-corrected chi connectivity index (χ1v) is 7.39. The van der Waals surface area contributed by atoms with E-state index in [2.05, 4.69) is 11.1 Å². The molecule has 1 aromatic heterocycles. The summed E-state index contributed by atoms with van der Waals surface area (Å²) in [6, 6.07) is 7.68. The monoisotopic (exact) mass is 313 g/mol. The molecule has 1 aliphatic rings. The van der Waals surface area contributed by atoms with Gasteiger partial charge in [-0.05, 0) is 47.7 Å². The number of allylic oxidation sites excluding steroid dienone is 1. The topological polar surface area (TPSA) is 60.6 Å². The number of hydrogen-bond acceptors (Lipinski definition) is 4. The van der Waals surface area contributed by atoms with Crippen LogP contribution in [-0.4, -0.2) is 32.3 Å². The third-order valence-electron chi connectivity index (χ3n) is 4.04. The summed E-state index contributed by atoms with van der Waals surface area (Å²) in [5.41, 5.74) is 4.89. The second-order valence-electron chi connectivity index (χ2n) is 5.35. The van der Waals surface area contributed by atoms with Gasteiger partial charge >= 0.3 is 5.97 Å². The van der Waals surface area contributed by atoms with Gasteiger partial charge in [0.15, 0.2) is 11.5 Å². The molecule has 0 fully saturated rings. The number of carbonyl (C=O) groups excluding carboxylic acids is 1. The van der Waals surface area contributed by atoms with Crippen molar-refractivity contribution in [2.24, 2.45) is 0 Å². The van der Waals surface area contributed by atoms with Crippen molar-refractivity contribution in [2.45, 2.75) is 12.8 Å². The fourth-order valence-corrected chi connectivity index (χ4v) is 2.89. The molecule has 1 N–H and O–H groups in total. The van der Waals surface area contributed by atoms with Crippen LogP contribution in [0.1, 0.15) is 33.7 Å². The molecular weight excluding hydrogens is 294 g/mol. The van der Waals surface area contributed by atoms with Crippen molar-refractivity contribution in [3.63, 3.8) is 0 Å². The number of esters is 1. The van der Waals surface area contributed by atoms with Crippen LogP contribution in [0.5, 0.6) is 11.5 Å². The maximum absolute atomic E-state index is 11.6. The van der Waals surface area contributed by atoms with E-state index in [1.54, 1.807) is 14.2 Å². The van der Waals surface area contributed by atoms with E-state index in [4.69, 9.17) is 14.2 Å². The van der Waals surface area contributed by atoms with Gasteiger partial charge in [-0.15, -0.1) is 0 Å². The summed E-state index contributed by atoms with van der Waals surface area (Å²) in [4.78, 5) is 14.8. The Hall–Kier alpha value is -2.69. The number of ether oxygens (including phenoxy) is 3. The standard InChI is InChI=1S/C18H19NO4/c1-21-16-7-4-11(9-17(16)22-2)8-12-5-6-14-13(12)10-15(19-14)18(20)23-3/h4,7-10,19H,5-6H2,1-3H3/b12-8-. The Morgan fingerprint density at radius 3 is 2.57 bits per heavy atom. The van der Waals surface area contributed by atoms with E-state index < -0.39 is 0 Å². The summed E-state index contributed by atoms with van der Waals surface area (Å²) in [5, 5.41) is 0. The SMILES string of the molecule is COC(=O)c1cc2c([nH]1)CC/C2=C/c1ccc(OC)c(OC)c1. The average molecular weight is 313 g/mol. The molecule has 0 spiro atoms. The second-order valence-corrected chi connectivity index (χ2v) is 5.35. The maximum atomic E-state index is 11.6. The summed E-state index contributed by atoms with van der Waals surface area (Å²) in [6.07, 6.45) is 3.95. The molecule has 1 aromatic carbocycles. The third kappa shape index (κ3) is 2.82. The lowest BCUT2D eigenvalue weighted by Crippen LogP contribution is -2.01. The Morgan fingerprint density at radius 1 is 1.09 bits per heavy atom. The van der Waals surface area contributed by atoms with Crippen LogP contribution in [0.25, 0.3) is 11.6 Å². The van der Waals surface area contributed by atoms with Gasteiger partial charge in [0.05, 0.1) is 21.3 Å². The third-order valence-corrected chi connectivity index (χ3v) is 4.04. The smallest absolute Gasteiger partial charge is 0.354 e. The Labute approximate surface area is 134 Å². The van der Waals surface area contributed by atoms with Crippen molar-refractivity contribution >= 4 is 17.6 Å². The lowest BCUT2D eigenvalue weighted by atomic mass is 10.1. The van der Waals surface area contributed by atoms with Gasteiger partial charge in [-0.3, -0.25) is 0 Å². The first-order chi connectivity index (χ1) is 11.2. The minimum atomic E-state index is -0.343. The fourth-order valence-electron chi connectivity index (χ4n) is 2.89. The van der Waals surface area contributed by atoms with Gasteiger partial charge in [0.1, 0.15) is 5.69 Å². The zero-order chi connectivity index (χ0) is 16.4. The van der Waals surface area contributed by atoms with E-state index in [0.717, 1.165) is 29.7 Å². The van der Waals surface area contributed by atoms with E-state index in [-0.39, 0.29) is 5.97 Å². The Balaban J connectivity index is 1.94. The van der Waals surface area contributed by atoms with E-state index in [1.807, 2.05) is 24.3 Å². The summed E-state index contributed by atoms with van der Waals surface area (Å²) >= 11 is 0. The fraction of sp³-hybridized carbons (Fsp3) is 0.278. The number of methoxy groups -OCH3 is 3. The van der Waals surface area contributed by atoms with Gasteiger partial charge in [0, 0.05) is 5.69 Å². The molecule has 0 unspecified atom stereocenters. The first kappa shape index (κ1) is 15.2. The number of benzene rings is 1. The molecule has 1 aliphatic carbocycles. The maximum Gasteiger partial charge on any atom is 0.354 e. The number of carbonyl (C=O) groups is 1. The molecule has 1 heterocycles. The van der Waals surface area contributed by atoms with Crippen molar-refractivity contribution in [1.29, 1.82) is 0 Å². The van der Waals surface area contributed by atoms with Crippen LogP contribution in [-0.2, 0) is 11.2 Å². The summed E-state index contributed by atoms with van der Waals surface area (Å²) in [7, 11) is 4.62. The number of aryl methyl sites for hydroxylation is 1. The second kappa shape index (κ2) is 6.20. The number of nitrogens with one attached hydrogen (secondary N) is 1. The molecule has 0 radical (unpaired) electrons. The molecular formula is C18H19NO4. The van der Waals surface area contributed by atoms with Crippen molar-refractivity contribution in [2.75, 3.05) is 21.3 Å². The van der Waals surface area contributed by atoms with Crippen LogP contribution in [0, 0.1) is 0 Å². The number of rotatable bonds is 4. The van der Waals surface area contributed by atoms with Crippen LogP contribution >= 0.6 is 0 Å². The zero-order valence-corrected chi connectivity index (χ0v) is 13.4. The molecule has 0 saturated heterocycles. The van der Waals surface area contributed by atoms with Crippen LogP contribution in [0.2, 0.25) is 0 Å². The molecule has 0 atom stereocenters. The van der Waals surface area contributed by atoms with Gasteiger partial charge in [-0.2, -0.15) is 0 Å². The Morgan fingerprint density at radius 2 is 1.87 bits per heavy atom. The Bertz CT molecular complexity index is 773. The predicted octanol–water partition coefficient (Wildman–Crippen LogP) is 3.31. The number of aromatic nitrogens is 1. The molecule has 5 heteroatoms. The molecule has 3 rings (SSSR count). The summed E-state index contributed by atoms with van der Waals surface area (Å²) in [5.74, 6) is 1.06. The number of aromatic amines is 1. The molecule has 5 nitrogen and oxygen atoms in total. The van der Waals surface area contributed by atoms with Gasteiger partial charge in [0.2, 0.25) is 0 Å². The van der Waals surface area contributed by atoms with E-state index in [1.165, 1.54) is 12.7 Å². The zero-order valence-electron chi connectivity index (χ0n) is 13.4. The molecule has 0 aliphatic heterocycles. The van der Waals surface area contributed by atoms with Crippen LogP contribution < -0.4 is 9.47 Å². The molecule has 120 valence electrons. The van der Waals surface area contributed by atoms with E-state index in [0.29, 0.717) is 17.2 Å². The lowest BCUT2D eigenvalue weighted by Gasteiger charge is -2.08. The molecule has 2 aromatic rings. The van der Waals surface area contributed by atoms with Gasteiger partial charge in [0.25, 0.3) is 0 Å². The minimum Gasteiger partial charge on any atom is -0.493 e. The predicted molar refractivity (Wildman–Crippen MR) is 87.9 cm³/mol. The molecule has 0 amide bonds. The van der Waals surface area contributed by atoms with Crippen molar-refractivity contribution in [1.82, 2.24) is 4.98 Å². The first-order valence-electron chi connectivity index (χ1n) is 7.39. The molecule has 0 saturated carbocycles. The number of hydrogen-bond donors (Lipinski definition) is 1. The van der Waals surface area contributed by atoms with Crippen molar-refractivity contribution < 1.29 is 19.0 Å². The number of fused-ring (bicyclic) bond motifs is 1. The highest BCUT2D eigenvalue weighted by Crippen LogP contribution is 2.35. The molecule has 23 heavy (non-hydrogen) atoms. The summed E-state index contributed by atoms with van der Waals surface area (Å²) in [6.45, 7) is 0. The van der Waals surface area contributed by atoms with E-state index in [9.17, 15) is 4.79 Å². The van der Waals surface area contributed by atoms with Gasteiger partial charge < -0.3 is 19.2 Å². The Kier molecular flexibility index (Phi) is 4.10. The largest absolute Gasteiger partial charge is 0.493 e. The van der Waals surface area contributed by atoms with Crippen LogP contribution in [0.3, 0.4) is 0 Å². The van der Waals surface area contributed by atoms with Gasteiger partial charge in [-0.25, -0.2) is 4.79 Å². The van der Waals surface area contributed by atoms with Crippen molar-refractivity contribution in [3.05, 3.63) is 46.8 Å². The highest BCUT2D eigenvalue weighted by atomic mass is 16.5. The lowest BCUT2D eigenvalue weighted by molar-refractivity contribution is 0.0594. The number of H-pyrrole nitrogens is 1. The van der Waals surface area contributed by atoms with Crippen LogP contribution in [0.4, 0.5) is 0 Å². The highest BCUT2D eigenvalue weighted by molar-refractivity contribution is 5.92. The van der Waals surface area contributed by atoms with Crippen LogP contribution in [0.15, 0.2) is 24.3 Å². The molecule has 0 bridgehead atoms. The highest BCUT2D eigenvalue weighted by Gasteiger charge is 2.22. The minimum absolute atomic E-state index is 0.343. The quantitative estimate of drug-likeness (QED) is 0.880.